The average molecular weight is 483 g/mol. The van der Waals surface area contributed by atoms with E-state index in [4.69, 9.17) is 0 Å². The van der Waals surface area contributed by atoms with E-state index in [1.165, 1.54) is 17.3 Å². The third-order valence-electron chi connectivity index (χ3n) is 6.13. The molecule has 1 N–H and O–H groups in total. The van der Waals surface area contributed by atoms with Crippen LogP contribution in [0.1, 0.15) is 24.8 Å². The van der Waals surface area contributed by atoms with E-state index in [9.17, 15) is 26.0 Å². The molecular formula is C21H21F4N5O2S. The minimum atomic E-state index is -3.47. The van der Waals surface area contributed by atoms with Crippen LogP contribution in [0.3, 0.4) is 0 Å². The van der Waals surface area contributed by atoms with E-state index in [0.29, 0.717) is 12.8 Å². The molecule has 0 bridgehead atoms. The van der Waals surface area contributed by atoms with Crippen LogP contribution in [0.5, 0.6) is 0 Å². The Hall–Kier alpha value is -2.73. The molecule has 1 aliphatic heterocycles. The predicted molar refractivity (Wildman–Crippen MR) is 113 cm³/mol. The van der Waals surface area contributed by atoms with Gasteiger partial charge in [-0.05, 0) is 37.8 Å². The molecule has 2 fully saturated rings. The van der Waals surface area contributed by atoms with Crippen molar-refractivity contribution >= 4 is 21.5 Å². The van der Waals surface area contributed by atoms with Crippen molar-refractivity contribution in [3.8, 4) is 11.3 Å². The molecule has 0 spiro atoms. The number of nitrogens with one attached hydrogen (secondary N) is 1. The number of hydrogen-bond donors (Lipinski definition) is 1. The largest absolute Gasteiger partial charge is 0.347 e. The fourth-order valence-electron chi connectivity index (χ4n) is 4.10. The molecule has 33 heavy (non-hydrogen) atoms. The summed E-state index contributed by atoms with van der Waals surface area (Å²) in [5, 5.41) is 6.55. The lowest BCUT2D eigenvalue weighted by Gasteiger charge is -2.34. The molecule has 0 amide bonds. The van der Waals surface area contributed by atoms with E-state index < -0.39 is 50.5 Å². The number of alkyl halides is 1. The zero-order valence-corrected chi connectivity index (χ0v) is 18.4. The smallest absolute Gasteiger partial charge is 0.241 e. The number of rotatable bonds is 5. The lowest BCUT2D eigenvalue weighted by atomic mass is 10.1. The van der Waals surface area contributed by atoms with Crippen molar-refractivity contribution < 1.29 is 26.0 Å². The number of anilines is 1. The van der Waals surface area contributed by atoms with E-state index in [1.54, 1.807) is 0 Å². The minimum Gasteiger partial charge on any atom is -0.347 e. The summed E-state index contributed by atoms with van der Waals surface area (Å²) in [5.74, 6) is -2.55. The van der Waals surface area contributed by atoms with Gasteiger partial charge in [0.1, 0.15) is 23.3 Å². The predicted octanol–water partition coefficient (Wildman–Crippen LogP) is 3.44. The Morgan fingerprint density at radius 1 is 1.12 bits per heavy atom. The Bertz CT molecular complexity index is 1340. The van der Waals surface area contributed by atoms with Gasteiger partial charge in [-0.15, -0.1) is 5.10 Å². The minimum absolute atomic E-state index is 0.0704. The number of piperidine rings is 1. The second kappa shape index (κ2) is 7.94. The van der Waals surface area contributed by atoms with Gasteiger partial charge in [-0.25, -0.2) is 35.5 Å². The second-order valence-corrected chi connectivity index (χ2v) is 10.7. The maximum Gasteiger partial charge on any atom is 0.241 e. The van der Waals surface area contributed by atoms with Gasteiger partial charge in [-0.1, -0.05) is 6.07 Å². The molecule has 1 aliphatic carbocycles. The van der Waals surface area contributed by atoms with Crippen LogP contribution >= 0.6 is 0 Å². The van der Waals surface area contributed by atoms with Crippen LogP contribution in [0.25, 0.3) is 16.8 Å². The monoisotopic (exact) mass is 483 g/mol. The van der Waals surface area contributed by atoms with Gasteiger partial charge in [0.15, 0.2) is 5.82 Å². The summed E-state index contributed by atoms with van der Waals surface area (Å²) in [4.78, 5) is 4.00. The molecule has 176 valence electrons. The van der Waals surface area contributed by atoms with Gasteiger partial charge in [0, 0.05) is 19.2 Å². The van der Waals surface area contributed by atoms with Crippen molar-refractivity contribution in [2.24, 2.45) is 0 Å². The molecular weight excluding hydrogens is 462 g/mol. The Balaban J connectivity index is 1.43. The number of halogens is 4. The highest BCUT2D eigenvalue weighted by Crippen LogP contribution is 2.34. The van der Waals surface area contributed by atoms with E-state index in [2.05, 4.69) is 15.4 Å². The number of hydrogen-bond acceptors (Lipinski definition) is 5. The van der Waals surface area contributed by atoms with Gasteiger partial charge >= 0.3 is 0 Å². The van der Waals surface area contributed by atoms with Crippen LogP contribution < -0.4 is 5.32 Å². The molecule has 3 heterocycles. The molecule has 0 unspecified atom stereocenters. The Morgan fingerprint density at radius 3 is 2.58 bits per heavy atom. The lowest BCUT2D eigenvalue weighted by Crippen LogP contribution is -2.50. The zero-order valence-electron chi connectivity index (χ0n) is 17.6. The number of aryl methyl sites for hydroxylation is 1. The first-order valence-corrected chi connectivity index (χ1v) is 12.1. The molecule has 5 rings (SSSR count). The third kappa shape index (κ3) is 3.84. The summed E-state index contributed by atoms with van der Waals surface area (Å²) in [7, 11) is -3.47. The van der Waals surface area contributed by atoms with Crippen molar-refractivity contribution in [1.82, 2.24) is 18.9 Å². The van der Waals surface area contributed by atoms with E-state index >= 15 is 0 Å². The molecule has 3 aromatic rings. The summed E-state index contributed by atoms with van der Waals surface area (Å²) < 4.78 is 85.3. The third-order valence-corrected chi connectivity index (χ3v) is 8.50. The van der Waals surface area contributed by atoms with Crippen molar-refractivity contribution in [3.63, 3.8) is 0 Å². The fraction of sp³-hybridized carbons (Fsp3) is 0.429. The lowest BCUT2D eigenvalue weighted by molar-refractivity contribution is 0.185. The normalized spacial score (nSPS) is 22.1. The molecule has 12 heteroatoms. The molecule has 1 saturated heterocycles. The second-order valence-electron chi connectivity index (χ2n) is 8.47. The van der Waals surface area contributed by atoms with Crippen LogP contribution in [-0.2, 0) is 10.0 Å². The van der Waals surface area contributed by atoms with E-state index in [-0.39, 0.29) is 42.2 Å². The summed E-state index contributed by atoms with van der Waals surface area (Å²) in [6, 6.07) is 2.56. The maximum atomic E-state index is 14.8. The summed E-state index contributed by atoms with van der Waals surface area (Å²) in [5.41, 5.74) is -0.491. The van der Waals surface area contributed by atoms with Crippen molar-refractivity contribution in [2.45, 2.75) is 43.6 Å². The number of fused-ring (bicyclic) bond motifs is 1. The van der Waals surface area contributed by atoms with Crippen molar-refractivity contribution in [3.05, 3.63) is 47.4 Å². The van der Waals surface area contributed by atoms with Gasteiger partial charge in [0.05, 0.1) is 28.7 Å². The standard InChI is InChI=1S/C21H21F4N5O2S/c1-11-2-5-13(22)19(20(11)25)17-8-14(23)18-9-26-21(28-30(17)18)27-16-6-7-29(10-15(16)24)33(31,32)12-3-4-12/h2,5,8-9,12,15-16H,3-4,6-7,10H2,1H3,(H,27,28)/t15-,16-/m1/s1. The molecule has 1 aromatic carbocycles. The van der Waals surface area contributed by atoms with Gasteiger partial charge < -0.3 is 5.32 Å². The molecule has 7 nitrogen and oxygen atoms in total. The summed E-state index contributed by atoms with van der Waals surface area (Å²) >= 11 is 0. The fourth-order valence-corrected chi connectivity index (χ4v) is 5.97. The molecule has 2 aliphatic rings. The first-order valence-electron chi connectivity index (χ1n) is 10.6. The van der Waals surface area contributed by atoms with Crippen LogP contribution in [0.15, 0.2) is 24.4 Å². The Kier molecular flexibility index (Phi) is 5.31. The molecule has 1 saturated carbocycles. The van der Waals surface area contributed by atoms with Gasteiger partial charge in [-0.2, -0.15) is 4.31 Å². The topological polar surface area (TPSA) is 79.6 Å². The van der Waals surface area contributed by atoms with Crippen molar-refractivity contribution in [1.29, 1.82) is 0 Å². The highest BCUT2D eigenvalue weighted by Gasteiger charge is 2.43. The van der Waals surface area contributed by atoms with Crippen LogP contribution in [0, 0.1) is 24.4 Å². The number of aromatic nitrogens is 3. The molecule has 2 aromatic heterocycles. The van der Waals surface area contributed by atoms with E-state index in [0.717, 1.165) is 22.8 Å². The van der Waals surface area contributed by atoms with Gasteiger partial charge in [0.2, 0.25) is 16.0 Å². The number of sulfonamides is 1. The van der Waals surface area contributed by atoms with Crippen LogP contribution in [-0.4, -0.2) is 57.9 Å². The average Bonchev–Trinajstić information content (AvgIpc) is 3.59. The Labute approximate surface area is 187 Å². The first kappa shape index (κ1) is 22.1. The summed E-state index contributed by atoms with van der Waals surface area (Å²) in [6.45, 7) is 1.34. The highest BCUT2D eigenvalue weighted by molar-refractivity contribution is 7.90. The van der Waals surface area contributed by atoms with Gasteiger partial charge in [-0.3, -0.25) is 0 Å². The number of nitrogens with zero attached hydrogens (tertiary/aromatic N) is 4. The van der Waals surface area contributed by atoms with Gasteiger partial charge in [0.25, 0.3) is 0 Å². The highest BCUT2D eigenvalue weighted by atomic mass is 32.2. The molecule has 0 radical (unpaired) electrons. The first-order chi connectivity index (χ1) is 15.7. The van der Waals surface area contributed by atoms with Crippen LogP contribution in [0.2, 0.25) is 0 Å². The Morgan fingerprint density at radius 2 is 1.88 bits per heavy atom. The SMILES string of the molecule is Cc1ccc(F)c(-c2cc(F)c3cnc(N[C@@H]4CCN(S(=O)(=O)C5CC5)C[C@H]4F)nn23)c1F. The summed E-state index contributed by atoms with van der Waals surface area (Å²) in [6.07, 6.45) is 1.01. The quantitative estimate of drug-likeness (QED) is 0.563. The molecule has 2 atom stereocenters. The van der Waals surface area contributed by atoms with Crippen LogP contribution in [0.4, 0.5) is 23.5 Å². The van der Waals surface area contributed by atoms with E-state index in [1.807, 2.05) is 0 Å². The number of benzene rings is 1. The zero-order chi connectivity index (χ0) is 23.5. The maximum absolute atomic E-state index is 14.8. The van der Waals surface area contributed by atoms with Crippen molar-refractivity contribution in [2.75, 3.05) is 18.4 Å².